The Balaban J connectivity index is 1.96. The van der Waals surface area contributed by atoms with Gasteiger partial charge in [-0.05, 0) is 43.5 Å². The molecule has 4 nitrogen and oxygen atoms in total. The lowest BCUT2D eigenvalue weighted by molar-refractivity contribution is -0.121. The average molecular weight is 367 g/mol. The summed E-state index contributed by atoms with van der Waals surface area (Å²) in [7, 11) is 0. The number of nitrogens with zero attached hydrogens (tertiary/aromatic N) is 1. The van der Waals surface area contributed by atoms with Crippen LogP contribution >= 0.6 is 15.9 Å². The predicted molar refractivity (Wildman–Crippen MR) is 91.9 cm³/mol. The number of amides is 2. The summed E-state index contributed by atoms with van der Waals surface area (Å²) >= 11 is 3.43. The molecule has 0 atom stereocenters. The van der Waals surface area contributed by atoms with Crippen LogP contribution in [0.5, 0.6) is 0 Å². The maximum Gasteiger partial charge on any atom is 0.223 e. The van der Waals surface area contributed by atoms with Crippen molar-refractivity contribution in [1.82, 2.24) is 5.32 Å². The molecule has 0 saturated heterocycles. The number of anilines is 1. The molecule has 0 radical (unpaired) electrons. The first-order valence-corrected chi connectivity index (χ1v) is 8.60. The Labute approximate surface area is 140 Å². The second-order valence-corrected chi connectivity index (χ2v) is 6.82. The number of carbonyl (C=O) groups is 2. The van der Waals surface area contributed by atoms with Crippen molar-refractivity contribution in [2.24, 2.45) is 0 Å². The van der Waals surface area contributed by atoms with Gasteiger partial charge in [-0.2, -0.15) is 0 Å². The van der Waals surface area contributed by atoms with Gasteiger partial charge in [-0.15, -0.1) is 0 Å². The molecule has 0 spiro atoms. The van der Waals surface area contributed by atoms with Crippen molar-refractivity contribution in [3.05, 3.63) is 28.2 Å². The molecule has 0 aliphatic heterocycles. The molecule has 5 heteroatoms. The molecule has 0 bridgehead atoms. The van der Waals surface area contributed by atoms with Gasteiger partial charge in [0.1, 0.15) is 0 Å². The second kappa shape index (κ2) is 7.77. The number of benzene rings is 1. The first-order valence-electron chi connectivity index (χ1n) is 7.81. The zero-order valence-corrected chi connectivity index (χ0v) is 14.8. The smallest absolute Gasteiger partial charge is 0.223 e. The minimum absolute atomic E-state index is 0.0351. The summed E-state index contributed by atoms with van der Waals surface area (Å²) in [4.78, 5) is 25.6. The monoisotopic (exact) mass is 366 g/mol. The highest BCUT2D eigenvalue weighted by Crippen LogP contribution is 2.24. The van der Waals surface area contributed by atoms with Gasteiger partial charge in [0, 0.05) is 36.1 Å². The topological polar surface area (TPSA) is 49.4 Å². The van der Waals surface area contributed by atoms with Crippen LogP contribution in [0.2, 0.25) is 0 Å². The first-order chi connectivity index (χ1) is 10.5. The third-order valence-corrected chi connectivity index (χ3v) is 4.61. The molecule has 1 aromatic rings. The predicted octanol–water partition coefficient (Wildman–Crippen LogP) is 3.56. The Hall–Kier alpha value is -1.36. The molecule has 120 valence electrons. The van der Waals surface area contributed by atoms with E-state index in [1.165, 1.54) is 19.8 Å². The summed E-state index contributed by atoms with van der Waals surface area (Å²) in [5.74, 6) is -0.00740. The van der Waals surface area contributed by atoms with Gasteiger partial charge in [-0.25, -0.2) is 0 Å². The van der Waals surface area contributed by atoms with E-state index >= 15 is 0 Å². The van der Waals surface area contributed by atoms with Crippen LogP contribution in [0, 0.1) is 6.92 Å². The standard InChI is InChI=1S/C17H23BrN2O2/c1-12-11-14(18)7-8-16(12)20(13(2)21)10-9-17(22)19-15-5-3-4-6-15/h7-8,11,15H,3-6,9-10H2,1-2H3,(H,19,22). The SMILES string of the molecule is CC(=O)N(CCC(=O)NC1CCCC1)c1ccc(Br)cc1C. The maximum atomic E-state index is 12.0. The van der Waals surface area contributed by atoms with E-state index in [0.717, 1.165) is 28.6 Å². The molecule has 1 N–H and O–H groups in total. The van der Waals surface area contributed by atoms with Crippen LogP contribution in [0.15, 0.2) is 22.7 Å². The van der Waals surface area contributed by atoms with Crippen LogP contribution in [0.1, 0.15) is 44.6 Å². The van der Waals surface area contributed by atoms with Gasteiger partial charge in [0.25, 0.3) is 0 Å². The van der Waals surface area contributed by atoms with Gasteiger partial charge in [-0.1, -0.05) is 28.8 Å². The van der Waals surface area contributed by atoms with Crippen LogP contribution in [0.3, 0.4) is 0 Å². The molecular formula is C17H23BrN2O2. The zero-order valence-electron chi connectivity index (χ0n) is 13.2. The normalized spacial score (nSPS) is 14.9. The Morgan fingerprint density at radius 2 is 2.00 bits per heavy atom. The minimum Gasteiger partial charge on any atom is -0.353 e. The van der Waals surface area contributed by atoms with Crippen LogP contribution in [0.25, 0.3) is 0 Å². The highest BCUT2D eigenvalue weighted by atomic mass is 79.9. The molecule has 1 saturated carbocycles. The molecule has 0 heterocycles. The van der Waals surface area contributed by atoms with Gasteiger partial charge in [0.05, 0.1) is 0 Å². The molecule has 2 amide bonds. The van der Waals surface area contributed by atoms with E-state index in [9.17, 15) is 9.59 Å². The molecule has 1 aromatic carbocycles. The third-order valence-electron chi connectivity index (χ3n) is 4.11. The fourth-order valence-electron chi connectivity index (χ4n) is 2.95. The molecule has 1 aliphatic carbocycles. The van der Waals surface area contributed by atoms with E-state index in [-0.39, 0.29) is 11.8 Å². The number of halogens is 1. The minimum atomic E-state index is -0.0425. The number of rotatable bonds is 5. The maximum absolute atomic E-state index is 12.0. The van der Waals surface area contributed by atoms with Crippen molar-refractivity contribution >= 4 is 33.4 Å². The summed E-state index contributed by atoms with van der Waals surface area (Å²) in [5.41, 5.74) is 1.88. The molecule has 1 aliphatic rings. The van der Waals surface area contributed by atoms with Gasteiger partial charge >= 0.3 is 0 Å². The van der Waals surface area contributed by atoms with Crippen LogP contribution in [-0.2, 0) is 9.59 Å². The Bertz CT molecular complexity index is 554. The molecule has 0 aromatic heterocycles. The second-order valence-electron chi connectivity index (χ2n) is 5.90. The van der Waals surface area contributed by atoms with Crippen LogP contribution in [0.4, 0.5) is 5.69 Å². The number of aryl methyl sites for hydroxylation is 1. The van der Waals surface area contributed by atoms with Crippen molar-refractivity contribution in [3.63, 3.8) is 0 Å². The van der Waals surface area contributed by atoms with E-state index in [2.05, 4.69) is 21.2 Å². The largest absolute Gasteiger partial charge is 0.353 e. The van der Waals surface area contributed by atoms with Crippen molar-refractivity contribution < 1.29 is 9.59 Å². The van der Waals surface area contributed by atoms with E-state index in [1.54, 1.807) is 4.90 Å². The lowest BCUT2D eigenvalue weighted by Crippen LogP contribution is -2.37. The van der Waals surface area contributed by atoms with Gasteiger partial charge in [0.2, 0.25) is 11.8 Å². The number of hydrogen-bond donors (Lipinski definition) is 1. The lowest BCUT2D eigenvalue weighted by Gasteiger charge is -2.23. The first kappa shape index (κ1) is 17.0. The van der Waals surface area contributed by atoms with Gasteiger partial charge in [0.15, 0.2) is 0 Å². The molecule has 1 fully saturated rings. The quantitative estimate of drug-likeness (QED) is 0.865. The zero-order chi connectivity index (χ0) is 16.1. The number of carbonyl (C=O) groups excluding carboxylic acids is 2. The Morgan fingerprint density at radius 3 is 2.59 bits per heavy atom. The number of hydrogen-bond acceptors (Lipinski definition) is 2. The van der Waals surface area contributed by atoms with Gasteiger partial charge in [-0.3, -0.25) is 9.59 Å². The van der Waals surface area contributed by atoms with Crippen molar-refractivity contribution in [2.75, 3.05) is 11.4 Å². The summed E-state index contributed by atoms with van der Waals surface area (Å²) in [5, 5.41) is 3.06. The highest BCUT2D eigenvalue weighted by molar-refractivity contribution is 9.10. The Kier molecular flexibility index (Phi) is 6.00. The summed E-state index contributed by atoms with van der Waals surface area (Å²) in [6, 6.07) is 6.13. The average Bonchev–Trinajstić information content (AvgIpc) is 2.93. The third kappa shape index (κ3) is 4.57. The summed E-state index contributed by atoms with van der Waals surface area (Å²) in [6.07, 6.45) is 4.89. The summed E-state index contributed by atoms with van der Waals surface area (Å²) < 4.78 is 0.983. The van der Waals surface area contributed by atoms with Crippen LogP contribution in [-0.4, -0.2) is 24.4 Å². The Morgan fingerprint density at radius 1 is 1.32 bits per heavy atom. The fraction of sp³-hybridized carbons (Fsp3) is 0.529. The van der Waals surface area contributed by atoms with Crippen LogP contribution < -0.4 is 10.2 Å². The summed E-state index contributed by atoms with van der Waals surface area (Å²) in [6.45, 7) is 3.92. The van der Waals surface area contributed by atoms with Crippen molar-refractivity contribution in [2.45, 2.75) is 52.0 Å². The van der Waals surface area contributed by atoms with E-state index in [4.69, 9.17) is 0 Å². The fourth-order valence-corrected chi connectivity index (χ4v) is 3.43. The molecule has 0 unspecified atom stereocenters. The van der Waals surface area contributed by atoms with E-state index in [1.807, 2.05) is 25.1 Å². The molecule has 2 rings (SSSR count). The van der Waals surface area contributed by atoms with Crippen molar-refractivity contribution in [1.29, 1.82) is 0 Å². The van der Waals surface area contributed by atoms with Gasteiger partial charge < -0.3 is 10.2 Å². The van der Waals surface area contributed by atoms with E-state index < -0.39 is 0 Å². The highest BCUT2D eigenvalue weighted by Gasteiger charge is 2.19. The molecular weight excluding hydrogens is 344 g/mol. The van der Waals surface area contributed by atoms with E-state index in [0.29, 0.717) is 19.0 Å². The molecule has 22 heavy (non-hydrogen) atoms. The number of nitrogens with one attached hydrogen (secondary N) is 1. The lowest BCUT2D eigenvalue weighted by atomic mass is 10.1. The van der Waals surface area contributed by atoms with Crippen molar-refractivity contribution in [3.8, 4) is 0 Å².